The van der Waals surface area contributed by atoms with Crippen LogP contribution in [0.15, 0.2) is 73.8 Å². The first kappa shape index (κ1) is 38.0. The van der Waals surface area contributed by atoms with E-state index in [1.54, 1.807) is 29.0 Å². The average molecular weight is 700 g/mol. The molecule has 3 fully saturated rings. The summed E-state index contributed by atoms with van der Waals surface area (Å²) in [5.41, 5.74) is 1.97. The molecule has 3 aliphatic rings. The van der Waals surface area contributed by atoms with Crippen LogP contribution in [-0.4, -0.2) is 88.6 Å². The van der Waals surface area contributed by atoms with Crippen LogP contribution in [0.1, 0.15) is 69.2 Å². The van der Waals surface area contributed by atoms with Gasteiger partial charge in [-0.05, 0) is 68.7 Å². The van der Waals surface area contributed by atoms with Gasteiger partial charge in [0.25, 0.3) is 5.91 Å². The van der Waals surface area contributed by atoms with Gasteiger partial charge < -0.3 is 29.3 Å². The van der Waals surface area contributed by atoms with Crippen molar-refractivity contribution >= 4 is 29.4 Å². The lowest BCUT2D eigenvalue weighted by molar-refractivity contribution is -0.165. The number of anilines is 1. The minimum atomic E-state index is -1.30. The molecule has 0 saturated carbocycles. The molecule has 10 nitrogen and oxygen atoms in total. The summed E-state index contributed by atoms with van der Waals surface area (Å²) >= 11 is 0. The molecular formula is C41H53N3O7. The number of esters is 1. The average Bonchev–Trinajstić information content (AvgIpc) is 3.76. The van der Waals surface area contributed by atoms with Crippen LogP contribution in [0.2, 0.25) is 0 Å². The molecule has 274 valence electrons. The van der Waals surface area contributed by atoms with Crippen molar-refractivity contribution in [2.75, 3.05) is 25.1 Å². The second-order valence-electron chi connectivity index (χ2n) is 14.7. The van der Waals surface area contributed by atoms with Crippen LogP contribution in [0.5, 0.6) is 0 Å². The molecule has 2 bridgehead atoms. The number of benzene rings is 2. The van der Waals surface area contributed by atoms with E-state index in [-0.39, 0.29) is 37.3 Å². The van der Waals surface area contributed by atoms with Gasteiger partial charge in [-0.25, -0.2) is 0 Å². The summed E-state index contributed by atoms with van der Waals surface area (Å²) in [5.74, 6) is -3.63. The quantitative estimate of drug-likeness (QED) is 0.198. The number of carbonyl (C=O) groups is 4. The van der Waals surface area contributed by atoms with E-state index in [0.717, 1.165) is 11.1 Å². The van der Waals surface area contributed by atoms with E-state index in [4.69, 9.17) is 9.47 Å². The molecular weight excluding hydrogens is 646 g/mol. The van der Waals surface area contributed by atoms with Crippen molar-refractivity contribution in [3.05, 3.63) is 90.5 Å². The van der Waals surface area contributed by atoms with E-state index in [0.29, 0.717) is 30.5 Å². The number of hydrogen-bond acceptors (Lipinski definition) is 7. The lowest BCUT2D eigenvalue weighted by Crippen LogP contribution is -2.60. The molecule has 0 aromatic heterocycles. The summed E-state index contributed by atoms with van der Waals surface area (Å²) in [6, 6.07) is 12.8. The maximum atomic E-state index is 15.0. The monoisotopic (exact) mass is 699 g/mol. The van der Waals surface area contributed by atoms with E-state index in [1.165, 1.54) is 4.90 Å². The second-order valence-corrected chi connectivity index (χ2v) is 14.7. The van der Waals surface area contributed by atoms with Gasteiger partial charge >= 0.3 is 5.97 Å². The number of amides is 3. The maximum absolute atomic E-state index is 15.0. The highest BCUT2D eigenvalue weighted by atomic mass is 16.6. The van der Waals surface area contributed by atoms with E-state index < -0.39 is 59.6 Å². The SMILES string of the molecule is C=CCCC(=O)N(C)[C@@H](C)[C@@H](OC(=O)[C@@H]1[C@H]2C(=O)N([C@@H](CO)C(C)C)[C@H](C(=O)N(CC=C)c3cc(C)ccc3C)[C@]23CC[C@H]1O3)c1ccccc1. The number of fused-ring (bicyclic) bond motifs is 1. The third-order valence-electron chi connectivity index (χ3n) is 11.2. The molecule has 0 aliphatic carbocycles. The van der Waals surface area contributed by atoms with E-state index in [2.05, 4.69) is 13.2 Å². The third kappa shape index (κ3) is 6.88. The highest BCUT2D eigenvalue weighted by Gasteiger charge is 2.76. The van der Waals surface area contributed by atoms with Gasteiger partial charge in [0.15, 0.2) is 0 Å². The van der Waals surface area contributed by atoms with Crippen molar-refractivity contribution in [2.24, 2.45) is 17.8 Å². The Balaban J connectivity index is 1.54. The lowest BCUT2D eigenvalue weighted by atomic mass is 9.70. The highest BCUT2D eigenvalue weighted by molar-refractivity contribution is 6.05. The standard InChI is InChI=1S/C41H53N3O7/c1-9-11-17-33(46)42(8)28(7)36(29-15-13-12-14-16-29)50-40(49)34-32-20-21-41(51-32)35(34)38(47)44(31(24-45)25(3)4)37(41)39(48)43(22-10-2)30-23-26(5)18-19-27(30)6/h9-10,12-16,18-19,23,25,28,31-32,34-37,45H,1-2,11,17,20-22,24H2,3-8H3/t28-,31-,32+,34-,35-,36+,37+,41-/m0/s1. The predicted molar refractivity (Wildman–Crippen MR) is 196 cm³/mol. The Hall–Kier alpha value is -4.28. The van der Waals surface area contributed by atoms with Crippen LogP contribution >= 0.6 is 0 Å². The van der Waals surface area contributed by atoms with Crippen LogP contribution in [0, 0.1) is 31.6 Å². The smallest absolute Gasteiger partial charge is 0.313 e. The number of aliphatic hydroxyl groups excluding tert-OH is 1. The van der Waals surface area contributed by atoms with Gasteiger partial charge in [-0.1, -0.05) is 68.5 Å². The summed E-state index contributed by atoms with van der Waals surface area (Å²) in [6.45, 7) is 17.0. The normalized spacial score (nSPS) is 25.3. The number of rotatable bonds is 15. The van der Waals surface area contributed by atoms with Gasteiger partial charge in [0, 0.05) is 25.7 Å². The molecule has 51 heavy (non-hydrogen) atoms. The predicted octanol–water partition coefficient (Wildman–Crippen LogP) is 5.31. The summed E-state index contributed by atoms with van der Waals surface area (Å²) in [5, 5.41) is 10.7. The zero-order chi connectivity index (χ0) is 37.2. The highest BCUT2D eigenvalue weighted by Crippen LogP contribution is 2.59. The number of carbonyl (C=O) groups excluding carboxylic acids is 4. The van der Waals surface area contributed by atoms with Crippen molar-refractivity contribution in [3.8, 4) is 0 Å². The molecule has 2 aromatic carbocycles. The van der Waals surface area contributed by atoms with Crippen molar-refractivity contribution in [1.82, 2.24) is 9.80 Å². The number of hydrogen-bond donors (Lipinski definition) is 1. The van der Waals surface area contributed by atoms with Crippen molar-refractivity contribution in [1.29, 1.82) is 0 Å². The first-order valence-corrected chi connectivity index (χ1v) is 18.0. The van der Waals surface area contributed by atoms with Crippen LogP contribution in [0.3, 0.4) is 0 Å². The number of likely N-dealkylation sites (N-methyl/N-ethyl adjacent to an activating group) is 1. The van der Waals surface area contributed by atoms with Gasteiger partial charge in [-0.2, -0.15) is 0 Å². The van der Waals surface area contributed by atoms with Gasteiger partial charge in [0.2, 0.25) is 11.8 Å². The summed E-state index contributed by atoms with van der Waals surface area (Å²) < 4.78 is 13.1. The Kier molecular flexibility index (Phi) is 11.6. The Morgan fingerprint density at radius 2 is 1.80 bits per heavy atom. The fraction of sp³-hybridized carbons (Fsp3) is 0.512. The second kappa shape index (κ2) is 15.5. The molecule has 3 aliphatic heterocycles. The van der Waals surface area contributed by atoms with Crippen molar-refractivity contribution in [2.45, 2.75) is 96.2 Å². The summed E-state index contributed by atoms with van der Waals surface area (Å²) in [6.07, 6.45) is 3.53. The number of aryl methyl sites for hydroxylation is 2. The van der Waals surface area contributed by atoms with Gasteiger partial charge in [0.05, 0.1) is 36.6 Å². The van der Waals surface area contributed by atoms with E-state index in [9.17, 15) is 19.5 Å². The third-order valence-corrected chi connectivity index (χ3v) is 11.2. The zero-order valence-corrected chi connectivity index (χ0v) is 30.8. The Labute approximate surface area is 302 Å². The fourth-order valence-electron chi connectivity index (χ4n) is 8.33. The summed E-state index contributed by atoms with van der Waals surface area (Å²) in [7, 11) is 1.69. The van der Waals surface area contributed by atoms with Gasteiger partial charge in [0.1, 0.15) is 17.7 Å². The van der Waals surface area contributed by atoms with Crippen LogP contribution in [-0.2, 0) is 28.7 Å². The molecule has 10 heteroatoms. The van der Waals surface area contributed by atoms with Gasteiger partial charge in [-0.3, -0.25) is 19.2 Å². The minimum Gasteiger partial charge on any atom is -0.455 e. The fourth-order valence-corrected chi connectivity index (χ4v) is 8.33. The number of nitrogens with zero attached hydrogens (tertiary/aromatic N) is 3. The molecule has 3 amide bonds. The molecule has 3 heterocycles. The van der Waals surface area contributed by atoms with Crippen LogP contribution in [0.25, 0.3) is 0 Å². The number of aliphatic hydroxyl groups is 1. The first-order valence-electron chi connectivity index (χ1n) is 18.0. The minimum absolute atomic E-state index is 0.110. The molecule has 2 aromatic rings. The summed E-state index contributed by atoms with van der Waals surface area (Å²) in [4.78, 5) is 62.1. The molecule has 8 atom stereocenters. The number of likely N-dealkylation sites (tertiary alicyclic amines) is 1. The molecule has 5 rings (SSSR count). The Morgan fingerprint density at radius 3 is 2.43 bits per heavy atom. The van der Waals surface area contributed by atoms with Crippen LogP contribution < -0.4 is 4.90 Å². The largest absolute Gasteiger partial charge is 0.455 e. The van der Waals surface area contributed by atoms with E-state index in [1.807, 2.05) is 83.1 Å². The number of allylic oxidation sites excluding steroid dienone is 1. The molecule has 1 spiro atoms. The Morgan fingerprint density at radius 1 is 1.10 bits per heavy atom. The van der Waals surface area contributed by atoms with Crippen LogP contribution in [0.4, 0.5) is 5.69 Å². The van der Waals surface area contributed by atoms with Gasteiger partial charge in [-0.15, -0.1) is 13.2 Å². The molecule has 0 unspecified atom stereocenters. The lowest BCUT2D eigenvalue weighted by Gasteiger charge is -2.40. The zero-order valence-electron chi connectivity index (χ0n) is 30.8. The van der Waals surface area contributed by atoms with Crippen molar-refractivity contribution < 1.29 is 33.8 Å². The van der Waals surface area contributed by atoms with Crippen molar-refractivity contribution in [3.63, 3.8) is 0 Å². The number of ether oxygens (including phenoxy) is 2. The first-order chi connectivity index (χ1) is 24.3. The molecule has 3 saturated heterocycles. The molecule has 0 radical (unpaired) electrons. The maximum Gasteiger partial charge on any atom is 0.313 e. The molecule has 1 N–H and O–H groups in total. The van der Waals surface area contributed by atoms with E-state index >= 15 is 4.79 Å². The Bertz CT molecular complexity index is 1640. The topological polar surface area (TPSA) is 117 Å².